The Morgan fingerprint density at radius 3 is 2.23 bits per heavy atom. The lowest BCUT2D eigenvalue weighted by Crippen LogP contribution is -2.51. The Kier molecular flexibility index (Phi) is 5.38. The molecule has 1 rings (SSSR count). The molecule has 0 aromatic carbocycles. The fraction of sp³-hybridized carbons (Fsp3) is 0.688. The first-order valence-electron chi connectivity index (χ1n) is 7.35. The molecule has 6 nitrogen and oxygen atoms in total. The summed E-state index contributed by atoms with van der Waals surface area (Å²) in [5.74, 6) is -0.961. The molecule has 0 aromatic heterocycles. The van der Waals surface area contributed by atoms with Crippen molar-refractivity contribution in [2.75, 3.05) is 0 Å². The molecule has 124 valence electrons. The summed E-state index contributed by atoms with van der Waals surface area (Å²) >= 11 is 0. The van der Waals surface area contributed by atoms with Crippen molar-refractivity contribution in [2.45, 2.75) is 66.2 Å². The van der Waals surface area contributed by atoms with Crippen LogP contribution in [-0.2, 0) is 19.1 Å². The molecule has 0 saturated carbocycles. The lowest BCUT2D eigenvalue weighted by molar-refractivity contribution is -0.153. The highest BCUT2D eigenvalue weighted by Crippen LogP contribution is 2.29. The van der Waals surface area contributed by atoms with Crippen molar-refractivity contribution in [3.05, 3.63) is 11.6 Å². The summed E-state index contributed by atoms with van der Waals surface area (Å²) in [6.07, 6.45) is 0.0501. The molecule has 2 atom stereocenters. The highest BCUT2D eigenvalue weighted by Gasteiger charge is 2.44. The van der Waals surface area contributed by atoms with Crippen molar-refractivity contribution in [3.8, 4) is 0 Å². The number of imide groups is 1. The third-order valence-electron chi connectivity index (χ3n) is 3.19. The van der Waals surface area contributed by atoms with Gasteiger partial charge in [0.25, 0.3) is 5.91 Å². The van der Waals surface area contributed by atoms with Gasteiger partial charge in [-0.2, -0.15) is 0 Å². The minimum absolute atomic E-state index is 0.0620. The largest absolute Gasteiger partial charge is 0.460 e. The molecule has 1 heterocycles. The van der Waals surface area contributed by atoms with Gasteiger partial charge in [0.15, 0.2) is 0 Å². The highest BCUT2D eigenvalue weighted by atomic mass is 16.6. The molecule has 0 aromatic rings. The summed E-state index contributed by atoms with van der Waals surface area (Å²) in [4.78, 5) is 36.9. The van der Waals surface area contributed by atoms with Crippen LogP contribution in [0.15, 0.2) is 11.6 Å². The van der Waals surface area contributed by atoms with Gasteiger partial charge in [0.2, 0.25) is 0 Å². The topological polar surface area (TPSA) is 72.9 Å². The smallest absolute Gasteiger partial charge is 0.418 e. The first-order chi connectivity index (χ1) is 9.94. The van der Waals surface area contributed by atoms with E-state index in [1.165, 1.54) is 13.0 Å². The predicted octanol–water partition coefficient (Wildman–Crippen LogP) is 2.67. The average Bonchev–Trinajstić information content (AvgIpc) is 2.58. The number of carbonyl (C=O) groups is 3. The van der Waals surface area contributed by atoms with Crippen molar-refractivity contribution >= 4 is 18.0 Å². The van der Waals surface area contributed by atoms with Gasteiger partial charge in [0.1, 0.15) is 17.7 Å². The molecular formula is C16H25NO5. The van der Waals surface area contributed by atoms with E-state index in [1.54, 1.807) is 27.7 Å². The SMILES string of the molecule is CC(=O)OC(C(C)C)C1C(C)=CC(=O)N1C(=O)OC(C)(C)C. The standard InChI is InChI=1S/C16H25NO5/c1-9(2)14(21-11(4)18)13-10(3)8-12(19)17(13)15(20)22-16(5,6)7/h8-9,13-14H,1-7H3. The van der Waals surface area contributed by atoms with E-state index >= 15 is 0 Å². The zero-order chi connectivity index (χ0) is 17.2. The van der Waals surface area contributed by atoms with E-state index in [4.69, 9.17) is 9.47 Å². The van der Waals surface area contributed by atoms with Crippen LogP contribution in [0.5, 0.6) is 0 Å². The summed E-state index contributed by atoms with van der Waals surface area (Å²) in [5, 5.41) is 0. The van der Waals surface area contributed by atoms with Crippen molar-refractivity contribution in [1.82, 2.24) is 4.90 Å². The zero-order valence-corrected chi connectivity index (χ0v) is 14.3. The van der Waals surface area contributed by atoms with Gasteiger partial charge in [-0.15, -0.1) is 0 Å². The second-order valence-corrected chi connectivity index (χ2v) is 6.84. The van der Waals surface area contributed by atoms with Crippen molar-refractivity contribution in [3.63, 3.8) is 0 Å². The van der Waals surface area contributed by atoms with E-state index in [-0.39, 0.29) is 5.92 Å². The van der Waals surface area contributed by atoms with Crippen LogP contribution in [0.4, 0.5) is 4.79 Å². The lowest BCUT2D eigenvalue weighted by Gasteiger charge is -2.34. The monoisotopic (exact) mass is 311 g/mol. The van der Waals surface area contributed by atoms with E-state index in [2.05, 4.69) is 0 Å². The van der Waals surface area contributed by atoms with Crippen LogP contribution in [0.2, 0.25) is 0 Å². The fourth-order valence-corrected chi connectivity index (χ4v) is 2.37. The van der Waals surface area contributed by atoms with Crippen LogP contribution < -0.4 is 0 Å². The number of esters is 1. The zero-order valence-electron chi connectivity index (χ0n) is 14.3. The molecule has 22 heavy (non-hydrogen) atoms. The number of amides is 2. The van der Waals surface area contributed by atoms with E-state index in [1.807, 2.05) is 13.8 Å². The Labute approximate surface area is 131 Å². The van der Waals surface area contributed by atoms with E-state index in [9.17, 15) is 14.4 Å². The maximum absolute atomic E-state index is 12.3. The molecule has 2 unspecified atom stereocenters. The fourth-order valence-electron chi connectivity index (χ4n) is 2.37. The first kappa shape index (κ1) is 18.2. The van der Waals surface area contributed by atoms with Gasteiger partial charge in [-0.25, -0.2) is 9.69 Å². The van der Waals surface area contributed by atoms with E-state index in [0.29, 0.717) is 5.57 Å². The number of hydrogen-bond donors (Lipinski definition) is 0. The molecule has 0 spiro atoms. The second kappa shape index (κ2) is 6.50. The molecule has 0 bridgehead atoms. The van der Waals surface area contributed by atoms with Gasteiger partial charge in [0, 0.05) is 13.0 Å². The summed E-state index contributed by atoms with van der Waals surface area (Å²) < 4.78 is 10.6. The molecule has 0 fully saturated rings. The maximum atomic E-state index is 12.3. The van der Waals surface area contributed by atoms with Gasteiger partial charge in [0.05, 0.1) is 0 Å². The lowest BCUT2D eigenvalue weighted by atomic mass is 9.95. The number of hydrogen-bond acceptors (Lipinski definition) is 5. The molecule has 0 aliphatic carbocycles. The molecule has 0 radical (unpaired) electrons. The number of rotatable bonds is 3. The van der Waals surface area contributed by atoms with E-state index in [0.717, 1.165) is 4.90 Å². The second-order valence-electron chi connectivity index (χ2n) is 6.84. The molecule has 1 aliphatic rings. The Hall–Kier alpha value is -1.85. The molecule has 0 N–H and O–H groups in total. The van der Waals surface area contributed by atoms with Gasteiger partial charge >= 0.3 is 12.1 Å². The summed E-state index contributed by atoms with van der Waals surface area (Å²) in [6.45, 7) is 12.0. The number of ether oxygens (including phenoxy) is 2. The molecule has 6 heteroatoms. The van der Waals surface area contributed by atoms with Crippen LogP contribution in [0.25, 0.3) is 0 Å². The van der Waals surface area contributed by atoms with Crippen LogP contribution in [0, 0.1) is 5.92 Å². The van der Waals surface area contributed by atoms with Crippen molar-refractivity contribution in [1.29, 1.82) is 0 Å². The minimum atomic E-state index is -0.728. The Bertz CT molecular complexity index is 501. The van der Waals surface area contributed by atoms with Crippen LogP contribution in [0.3, 0.4) is 0 Å². The molecule has 0 saturated heterocycles. The average molecular weight is 311 g/mol. The third-order valence-corrected chi connectivity index (χ3v) is 3.19. The number of nitrogens with zero attached hydrogens (tertiary/aromatic N) is 1. The van der Waals surface area contributed by atoms with E-state index < -0.39 is 35.7 Å². The molecule has 2 amide bonds. The van der Waals surface area contributed by atoms with Gasteiger partial charge < -0.3 is 9.47 Å². The maximum Gasteiger partial charge on any atom is 0.418 e. The minimum Gasteiger partial charge on any atom is -0.460 e. The number of carbonyl (C=O) groups excluding carboxylic acids is 3. The third kappa shape index (κ3) is 4.32. The predicted molar refractivity (Wildman–Crippen MR) is 81.0 cm³/mol. The quantitative estimate of drug-likeness (QED) is 0.749. The van der Waals surface area contributed by atoms with Crippen molar-refractivity contribution in [2.24, 2.45) is 5.92 Å². The first-order valence-corrected chi connectivity index (χ1v) is 7.35. The highest BCUT2D eigenvalue weighted by molar-refractivity contribution is 6.02. The van der Waals surface area contributed by atoms with Gasteiger partial charge in [-0.3, -0.25) is 9.59 Å². The summed E-state index contributed by atoms with van der Waals surface area (Å²) in [6, 6.07) is -0.633. The molecule has 1 aliphatic heterocycles. The normalized spacial score (nSPS) is 20.0. The Balaban J connectivity index is 3.11. The summed E-state index contributed by atoms with van der Waals surface area (Å²) in [7, 11) is 0. The summed E-state index contributed by atoms with van der Waals surface area (Å²) in [5.41, 5.74) is -0.0384. The Morgan fingerprint density at radius 1 is 1.27 bits per heavy atom. The van der Waals surface area contributed by atoms with Gasteiger partial charge in [-0.05, 0) is 39.2 Å². The molecular weight excluding hydrogens is 286 g/mol. The van der Waals surface area contributed by atoms with Crippen LogP contribution in [0.1, 0.15) is 48.5 Å². The van der Waals surface area contributed by atoms with Crippen LogP contribution in [-0.4, -0.2) is 40.6 Å². The van der Waals surface area contributed by atoms with Gasteiger partial charge in [-0.1, -0.05) is 13.8 Å². The van der Waals surface area contributed by atoms with Crippen molar-refractivity contribution < 1.29 is 23.9 Å². The Morgan fingerprint density at radius 2 is 1.82 bits per heavy atom. The van der Waals surface area contributed by atoms with Crippen LogP contribution >= 0.6 is 0 Å².